The lowest BCUT2D eigenvalue weighted by Crippen LogP contribution is -2.59. The van der Waals surface area contributed by atoms with Gasteiger partial charge in [0, 0.05) is 39.0 Å². The molecule has 148 valence electrons. The van der Waals surface area contributed by atoms with Crippen molar-refractivity contribution in [2.75, 3.05) is 51.3 Å². The van der Waals surface area contributed by atoms with Gasteiger partial charge >= 0.3 is 0 Å². The number of methoxy groups -OCH3 is 1. The highest BCUT2D eigenvalue weighted by molar-refractivity contribution is 5.86. The van der Waals surface area contributed by atoms with Crippen molar-refractivity contribution in [1.82, 2.24) is 10.2 Å². The maximum atomic E-state index is 13.0. The molecule has 0 aromatic heterocycles. The van der Waals surface area contributed by atoms with Crippen molar-refractivity contribution in [3.63, 3.8) is 0 Å². The predicted octanol–water partition coefficient (Wildman–Crippen LogP) is 2.56. The van der Waals surface area contributed by atoms with Crippen molar-refractivity contribution in [3.8, 4) is 0 Å². The fraction of sp³-hybridized carbons (Fsp3) is 0.632. The number of aryl methyl sites for hydroxylation is 1. The molecule has 3 rings (SSSR count). The lowest BCUT2D eigenvalue weighted by molar-refractivity contribution is -0.158. The van der Waals surface area contributed by atoms with Crippen LogP contribution in [0, 0.1) is 13.8 Å². The first-order chi connectivity index (χ1) is 11.6. The van der Waals surface area contributed by atoms with Crippen LogP contribution in [0.3, 0.4) is 0 Å². The molecule has 0 saturated carbocycles. The minimum absolute atomic E-state index is 0. The summed E-state index contributed by atoms with van der Waals surface area (Å²) in [4.78, 5) is 17.4. The quantitative estimate of drug-likeness (QED) is 0.841. The number of hydrogen-bond donors (Lipinski definition) is 1. The van der Waals surface area contributed by atoms with Crippen LogP contribution in [0.1, 0.15) is 24.0 Å². The van der Waals surface area contributed by atoms with Crippen molar-refractivity contribution in [3.05, 3.63) is 29.3 Å². The van der Waals surface area contributed by atoms with Gasteiger partial charge in [-0.25, -0.2) is 0 Å². The van der Waals surface area contributed by atoms with E-state index in [1.165, 1.54) is 16.8 Å². The number of ether oxygens (including phenoxy) is 1. The molecule has 0 unspecified atom stereocenters. The maximum absolute atomic E-state index is 13.0. The number of rotatable bonds is 3. The number of nitrogens with one attached hydrogen (secondary N) is 1. The van der Waals surface area contributed by atoms with Gasteiger partial charge in [-0.05, 0) is 57.0 Å². The van der Waals surface area contributed by atoms with Crippen LogP contribution in [0.15, 0.2) is 18.2 Å². The summed E-state index contributed by atoms with van der Waals surface area (Å²) < 4.78 is 5.70. The molecule has 0 radical (unpaired) electrons. The maximum Gasteiger partial charge on any atom is 0.255 e. The summed E-state index contributed by atoms with van der Waals surface area (Å²) in [6, 6.07) is 6.45. The topological polar surface area (TPSA) is 44.8 Å². The Hall–Kier alpha value is -1.01. The zero-order chi connectivity index (χ0) is 17.2. The molecule has 2 aliphatic heterocycles. The van der Waals surface area contributed by atoms with Gasteiger partial charge in [0.05, 0.1) is 0 Å². The number of benzene rings is 1. The Morgan fingerprint density at radius 3 is 2.27 bits per heavy atom. The zero-order valence-electron chi connectivity index (χ0n) is 15.9. The first-order valence-corrected chi connectivity index (χ1v) is 8.94. The van der Waals surface area contributed by atoms with Crippen LogP contribution >= 0.6 is 24.8 Å². The SMILES string of the molecule is COC1(C(=O)N2CCN(c3cccc(C)c3C)CC2)CCNCC1.Cl.Cl. The summed E-state index contributed by atoms with van der Waals surface area (Å²) in [5.41, 5.74) is 3.33. The number of piperidine rings is 1. The third-order valence-corrected chi connectivity index (χ3v) is 5.68. The second kappa shape index (κ2) is 9.79. The van der Waals surface area contributed by atoms with Crippen molar-refractivity contribution in [2.24, 2.45) is 0 Å². The summed E-state index contributed by atoms with van der Waals surface area (Å²) in [6.07, 6.45) is 1.53. The van der Waals surface area contributed by atoms with Crippen LogP contribution in [0.5, 0.6) is 0 Å². The number of carbonyl (C=O) groups is 1. The van der Waals surface area contributed by atoms with E-state index in [2.05, 4.69) is 42.3 Å². The number of nitrogens with zero attached hydrogens (tertiary/aromatic N) is 2. The van der Waals surface area contributed by atoms with E-state index in [4.69, 9.17) is 4.74 Å². The van der Waals surface area contributed by atoms with Gasteiger partial charge in [-0.1, -0.05) is 12.1 Å². The van der Waals surface area contributed by atoms with Gasteiger partial charge in [0.1, 0.15) is 5.60 Å². The van der Waals surface area contributed by atoms with E-state index in [1.54, 1.807) is 7.11 Å². The molecule has 26 heavy (non-hydrogen) atoms. The number of carbonyl (C=O) groups excluding carboxylic acids is 1. The standard InChI is InChI=1S/C19H29N3O2.2ClH/c1-15-5-4-6-17(16(15)2)21-11-13-22(14-12-21)18(23)19(24-3)7-9-20-10-8-19;;/h4-6,20H,7-14H2,1-3H3;2*1H. The fourth-order valence-corrected chi connectivity index (χ4v) is 3.85. The number of hydrogen-bond acceptors (Lipinski definition) is 4. The predicted molar refractivity (Wildman–Crippen MR) is 111 cm³/mol. The van der Waals surface area contributed by atoms with E-state index in [9.17, 15) is 4.79 Å². The largest absolute Gasteiger partial charge is 0.368 e. The normalized spacial score (nSPS) is 19.3. The average molecular weight is 404 g/mol. The Labute approximate surface area is 169 Å². The van der Waals surface area contributed by atoms with Gasteiger partial charge in [-0.15, -0.1) is 24.8 Å². The van der Waals surface area contributed by atoms with E-state index in [0.717, 1.165) is 52.1 Å². The van der Waals surface area contributed by atoms with Crippen LogP contribution < -0.4 is 10.2 Å². The molecule has 5 nitrogen and oxygen atoms in total. The Balaban J connectivity index is 0.00000169. The zero-order valence-corrected chi connectivity index (χ0v) is 17.5. The van der Waals surface area contributed by atoms with E-state index in [0.29, 0.717) is 0 Å². The number of piperazine rings is 1. The van der Waals surface area contributed by atoms with Crippen molar-refractivity contribution >= 4 is 36.4 Å². The first-order valence-electron chi connectivity index (χ1n) is 8.94. The summed E-state index contributed by atoms with van der Waals surface area (Å²) in [6.45, 7) is 9.33. The molecule has 0 aliphatic carbocycles. The summed E-state index contributed by atoms with van der Waals surface area (Å²) in [5, 5.41) is 3.31. The van der Waals surface area contributed by atoms with E-state index in [1.807, 2.05) is 4.90 Å². The molecule has 1 aromatic carbocycles. The highest BCUT2D eigenvalue weighted by Crippen LogP contribution is 2.28. The molecular formula is C19H31Cl2N3O2. The number of anilines is 1. The van der Waals surface area contributed by atoms with Crippen molar-refractivity contribution in [2.45, 2.75) is 32.3 Å². The van der Waals surface area contributed by atoms with Crippen LogP contribution in [0.4, 0.5) is 5.69 Å². The molecule has 2 saturated heterocycles. The molecule has 2 aliphatic rings. The van der Waals surface area contributed by atoms with Crippen LogP contribution in [-0.2, 0) is 9.53 Å². The average Bonchev–Trinajstić information content (AvgIpc) is 2.64. The van der Waals surface area contributed by atoms with E-state index >= 15 is 0 Å². The molecule has 1 amide bonds. The van der Waals surface area contributed by atoms with Crippen LogP contribution in [-0.4, -0.2) is 62.8 Å². The Kier molecular flexibility index (Phi) is 8.67. The summed E-state index contributed by atoms with van der Waals surface area (Å²) in [7, 11) is 1.68. The Bertz CT molecular complexity index is 598. The highest BCUT2D eigenvalue weighted by Gasteiger charge is 2.43. The molecule has 1 N–H and O–H groups in total. The third kappa shape index (κ3) is 4.45. The van der Waals surface area contributed by atoms with Gasteiger partial charge in [-0.3, -0.25) is 4.79 Å². The van der Waals surface area contributed by atoms with Gasteiger partial charge < -0.3 is 19.9 Å². The monoisotopic (exact) mass is 403 g/mol. The highest BCUT2D eigenvalue weighted by atomic mass is 35.5. The second-order valence-corrected chi connectivity index (χ2v) is 6.95. The lowest BCUT2D eigenvalue weighted by Gasteiger charge is -2.43. The van der Waals surface area contributed by atoms with Crippen LogP contribution in [0.2, 0.25) is 0 Å². The van der Waals surface area contributed by atoms with Gasteiger partial charge in [0.2, 0.25) is 0 Å². The van der Waals surface area contributed by atoms with Crippen molar-refractivity contribution < 1.29 is 9.53 Å². The van der Waals surface area contributed by atoms with Crippen molar-refractivity contribution in [1.29, 1.82) is 0 Å². The molecule has 0 spiro atoms. The molecule has 0 atom stereocenters. The summed E-state index contributed by atoms with van der Waals surface area (Å²) >= 11 is 0. The van der Waals surface area contributed by atoms with Gasteiger partial charge in [0.15, 0.2) is 0 Å². The minimum atomic E-state index is -0.618. The van der Waals surface area contributed by atoms with E-state index in [-0.39, 0.29) is 30.7 Å². The summed E-state index contributed by atoms with van der Waals surface area (Å²) in [5.74, 6) is 0.173. The fourth-order valence-electron chi connectivity index (χ4n) is 3.85. The number of amides is 1. The van der Waals surface area contributed by atoms with Crippen LogP contribution in [0.25, 0.3) is 0 Å². The second-order valence-electron chi connectivity index (χ2n) is 6.95. The van der Waals surface area contributed by atoms with Gasteiger partial charge in [-0.2, -0.15) is 0 Å². The molecular weight excluding hydrogens is 373 g/mol. The molecule has 0 bridgehead atoms. The molecule has 2 fully saturated rings. The number of halogens is 2. The lowest BCUT2D eigenvalue weighted by atomic mass is 9.90. The molecule has 1 aromatic rings. The Morgan fingerprint density at radius 1 is 1.08 bits per heavy atom. The first kappa shape index (κ1) is 23.0. The molecule has 2 heterocycles. The molecule has 7 heteroatoms. The van der Waals surface area contributed by atoms with E-state index < -0.39 is 5.60 Å². The minimum Gasteiger partial charge on any atom is -0.368 e. The van der Waals surface area contributed by atoms with Gasteiger partial charge in [0.25, 0.3) is 5.91 Å². The Morgan fingerprint density at radius 2 is 1.69 bits per heavy atom. The smallest absolute Gasteiger partial charge is 0.255 e. The third-order valence-electron chi connectivity index (χ3n) is 5.68.